The Labute approximate surface area is 138 Å². The van der Waals surface area contributed by atoms with Gasteiger partial charge in [0, 0.05) is 18.7 Å². The summed E-state index contributed by atoms with van der Waals surface area (Å²) in [7, 11) is -3.60. The molecule has 1 amide bonds. The van der Waals surface area contributed by atoms with Gasteiger partial charge in [-0.1, -0.05) is 29.0 Å². The molecule has 1 N–H and O–H groups in total. The SMILES string of the molecule is Cc1cccc(C(=O)Nc2nnc(S(=O)(=O)N3CCCC3)s2)c1. The molecule has 1 aliphatic rings. The fourth-order valence-corrected chi connectivity index (χ4v) is 4.91. The van der Waals surface area contributed by atoms with Crippen LogP contribution in [0.4, 0.5) is 5.13 Å². The Hall–Kier alpha value is -1.84. The van der Waals surface area contributed by atoms with Crippen LogP contribution in [-0.2, 0) is 10.0 Å². The number of benzene rings is 1. The summed E-state index contributed by atoms with van der Waals surface area (Å²) < 4.78 is 26.1. The van der Waals surface area contributed by atoms with Gasteiger partial charge < -0.3 is 0 Å². The highest BCUT2D eigenvalue weighted by Crippen LogP contribution is 2.26. The number of carbonyl (C=O) groups excluding carboxylic acids is 1. The summed E-state index contributed by atoms with van der Waals surface area (Å²) in [5.41, 5.74) is 1.45. The monoisotopic (exact) mass is 352 g/mol. The lowest BCUT2D eigenvalue weighted by Crippen LogP contribution is -2.27. The van der Waals surface area contributed by atoms with Crippen molar-refractivity contribution in [2.24, 2.45) is 0 Å². The summed E-state index contributed by atoms with van der Waals surface area (Å²) in [6.45, 7) is 2.91. The number of aryl methyl sites for hydroxylation is 1. The van der Waals surface area contributed by atoms with Gasteiger partial charge >= 0.3 is 0 Å². The van der Waals surface area contributed by atoms with Crippen molar-refractivity contribution in [1.29, 1.82) is 0 Å². The van der Waals surface area contributed by atoms with Gasteiger partial charge in [-0.3, -0.25) is 10.1 Å². The second-order valence-corrected chi connectivity index (χ2v) is 8.40. The van der Waals surface area contributed by atoms with Gasteiger partial charge in [-0.15, -0.1) is 10.2 Å². The number of hydrogen-bond acceptors (Lipinski definition) is 6. The van der Waals surface area contributed by atoms with E-state index in [2.05, 4.69) is 15.5 Å². The van der Waals surface area contributed by atoms with Crippen molar-refractivity contribution >= 4 is 32.4 Å². The zero-order valence-electron chi connectivity index (χ0n) is 12.5. The second kappa shape index (κ2) is 6.34. The van der Waals surface area contributed by atoms with E-state index in [0.717, 1.165) is 29.7 Å². The molecule has 1 aromatic heterocycles. The van der Waals surface area contributed by atoms with Gasteiger partial charge in [0.25, 0.3) is 15.9 Å². The molecule has 0 bridgehead atoms. The van der Waals surface area contributed by atoms with Crippen LogP contribution >= 0.6 is 11.3 Å². The maximum absolute atomic E-state index is 12.4. The van der Waals surface area contributed by atoms with Crippen molar-refractivity contribution in [2.45, 2.75) is 24.1 Å². The lowest BCUT2D eigenvalue weighted by atomic mass is 10.1. The summed E-state index contributed by atoms with van der Waals surface area (Å²) in [4.78, 5) is 12.1. The van der Waals surface area contributed by atoms with Crippen molar-refractivity contribution in [3.63, 3.8) is 0 Å². The molecular formula is C14H16N4O3S2. The average Bonchev–Trinajstić information content (AvgIpc) is 3.19. The predicted octanol–water partition coefficient (Wildman–Crippen LogP) is 1.88. The molecule has 0 aliphatic carbocycles. The summed E-state index contributed by atoms with van der Waals surface area (Å²) >= 11 is 0.870. The molecule has 1 aliphatic heterocycles. The lowest BCUT2D eigenvalue weighted by Gasteiger charge is -2.11. The molecule has 0 radical (unpaired) electrons. The molecule has 3 rings (SSSR count). The molecular weight excluding hydrogens is 336 g/mol. The first-order chi connectivity index (χ1) is 11.0. The highest BCUT2D eigenvalue weighted by molar-refractivity contribution is 7.91. The first kappa shape index (κ1) is 16.0. The minimum atomic E-state index is -3.60. The molecule has 0 unspecified atom stereocenters. The van der Waals surface area contributed by atoms with Crippen molar-refractivity contribution in [1.82, 2.24) is 14.5 Å². The highest BCUT2D eigenvalue weighted by Gasteiger charge is 2.30. The topological polar surface area (TPSA) is 92.3 Å². The maximum Gasteiger partial charge on any atom is 0.272 e. The van der Waals surface area contributed by atoms with E-state index in [1.54, 1.807) is 18.2 Å². The number of sulfonamides is 1. The van der Waals surface area contributed by atoms with Crippen LogP contribution < -0.4 is 5.32 Å². The van der Waals surface area contributed by atoms with E-state index in [1.165, 1.54) is 4.31 Å². The summed E-state index contributed by atoms with van der Waals surface area (Å²) in [5.74, 6) is -0.338. The van der Waals surface area contributed by atoms with E-state index in [-0.39, 0.29) is 15.4 Å². The van der Waals surface area contributed by atoms with Gasteiger partial charge in [0.05, 0.1) is 0 Å². The molecule has 7 nitrogen and oxygen atoms in total. The van der Waals surface area contributed by atoms with Gasteiger partial charge in [0.1, 0.15) is 0 Å². The third-order valence-electron chi connectivity index (χ3n) is 3.53. The fraction of sp³-hybridized carbons (Fsp3) is 0.357. The summed E-state index contributed by atoms with van der Waals surface area (Å²) in [6, 6.07) is 7.11. The smallest absolute Gasteiger partial charge is 0.272 e. The largest absolute Gasteiger partial charge is 0.296 e. The molecule has 0 spiro atoms. The van der Waals surface area contributed by atoms with Crippen LogP contribution in [0.2, 0.25) is 0 Å². The van der Waals surface area contributed by atoms with Crippen LogP contribution in [0.5, 0.6) is 0 Å². The number of aromatic nitrogens is 2. The Kier molecular flexibility index (Phi) is 4.42. The minimum absolute atomic E-state index is 0.0843. The molecule has 0 saturated carbocycles. The normalized spacial score (nSPS) is 15.7. The van der Waals surface area contributed by atoms with E-state index in [0.29, 0.717) is 18.7 Å². The van der Waals surface area contributed by atoms with Crippen LogP contribution in [0.3, 0.4) is 0 Å². The van der Waals surface area contributed by atoms with E-state index >= 15 is 0 Å². The molecule has 0 atom stereocenters. The summed E-state index contributed by atoms with van der Waals surface area (Å²) in [5, 5.41) is 10.3. The molecule has 23 heavy (non-hydrogen) atoms. The third kappa shape index (κ3) is 3.41. The van der Waals surface area contributed by atoms with Gasteiger partial charge in [0.2, 0.25) is 9.47 Å². The van der Waals surface area contributed by atoms with Crippen molar-refractivity contribution in [2.75, 3.05) is 18.4 Å². The average molecular weight is 352 g/mol. The van der Waals surface area contributed by atoms with E-state index in [4.69, 9.17) is 0 Å². The molecule has 1 fully saturated rings. The van der Waals surface area contributed by atoms with Gasteiger partial charge in [0.15, 0.2) is 0 Å². The van der Waals surface area contributed by atoms with Crippen LogP contribution in [-0.4, -0.2) is 41.9 Å². The minimum Gasteiger partial charge on any atom is -0.296 e. The quantitative estimate of drug-likeness (QED) is 0.848. The van der Waals surface area contributed by atoms with E-state index < -0.39 is 10.0 Å². The molecule has 9 heteroatoms. The Morgan fingerprint density at radius 3 is 2.70 bits per heavy atom. The van der Waals surface area contributed by atoms with Gasteiger partial charge in [-0.05, 0) is 31.9 Å². The van der Waals surface area contributed by atoms with Crippen LogP contribution in [0.15, 0.2) is 28.6 Å². The van der Waals surface area contributed by atoms with Gasteiger partial charge in [-0.25, -0.2) is 8.42 Å². The Bertz CT molecular complexity index is 826. The highest BCUT2D eigenvalue weighted by atomic mass is 32.2. The number of nitrogens with zero attached hydrogens (tertiary/aromatic N) is 3. The Balaban J connectivity index is 1.76. The van der Waals surface area contributed by atoms with Crippen LogP contribution in [0.1, 0.15) is 28.8 Å². The number of nitrogens with one attached hydrogen (secondary N) is 1. The number of carbonyl (C=O) groups is 1. The van der Waals surface area contributed by atoms with Crippen LogP contribution in [0, 0.1) is 6.92 Å². The predicted molar refractivity (Wildman–Crippen MR) is 87.0 cm³/mol. The van der Waals surface area contributed by atoms with Crippen LogP contribution in [0.25, 0.3) is 0 Å². The number of amides is 1. The van der Waals surface area contributed by atoms with Gasteiger partial charge in [-0.2, -0.15) is 4.31 Å². The molecule has 122 valence electrons. The molecule has 2 heterocycles. The van der Waals surface area contributed by atoms with Crippen molar-refractivity contribution in [3.05, 3.63) is 35.4 Å². The summed E-state index contributed by atoms with van der Waals surface area (Å²) in [6.07, 6.45) is 1.71. The van der Waals surface area contributed by atoms with Crippen molar-refractivity contribution < 1.29 is 13.2 Å². The Morgan fingerprint density at radius 2 is 2.00 bits per heavy atom. The standard InChI is InChI=1S/C14H16N4O3S2/c1-10-5-4-6-11(9-10)12(19)15-13-16-17-14(22-13)23(20,21)18-7-2-3-8-18/h4-6,9H,2-3,7-8H2,1H3,(H,15,16,19). The lowest BCUT2D eigenvalue weighted by molar-refractivity contribution is 0.102. The fourth-order valence-electron chi connectivity index (χ4n) is 2.36. The zero-order chi connectivity index (χ0) is 16.4. The maximum atomic E-state index is 12.4. The third-order valence-corrected chi connectivity index (χ3v) is 6.62. The first-order valence-corrected chi connectivity index (χ1v) is 9.44. The Morgan fingerprint density at radius 1 is 1.26 bits per heavy atom. The number of hydrogen-bond donors (Lipinski definition) is 1. The number of rotatable bonds is 4. The number of anilines is 1. The molecule has 1 saturated heterocycles. The first-order valence-electron chi connectivity index (χ1n) is 7.18. The zero-order valence-corrected chi connectivity index (χ0v) is 14.2. The molecule has 2 aromatic rings. The van der Waals surface area contributed by atoms with E-state index in [1.807, 2.05) is 13.0 Å². The van der Waals surface area contributed by atoms with Crippen molar-refractivity contribution in [3.8, 4) is 0 Å². The second-order valence-electron chi connectivity index (χ2n) is 5.31. The molecule has 1 aromatic carbocycles. The van der Waals surface area contributed by atoms with E-state index in [9.17, 15) is 13.2 Å².